The Bertz CT molecular complexity index is 963. The van der Waals surface area contributed by atoms with E-state index in [4.69, 9.17) is 0 Å². The Kier molecular flexibility index (Phi) is 5.39. The highest BCUT2D eigenvalue weighted by molar-refractivity contribution is 6.00. The summed E-state index contributed by atoms with van der Waals surface area (Å²) in [5.41, 5.74) is 4.22. The first kappa shape index (κ1) is 18.6. The number of carbonyl (C=O) groups is 1. The summed E-state index contributed by atoms with van der Waals surface area (Å²) < 4.78 is 1.64. The van der Waals surface area contributed by atoms with Crippen LogP contribution >= 0.6 is 0 Å². The summed E-state index contributed by atoms with van der Waals surface area (Å²) in [5.74, 6) is 0.652. The lowest BCUT2D eigenvalue weighted by molar-refractivity contribution is 0.0951. The molecule has 1 saturated heterocycles. The van der Waals surface area contributed by atoms with Crippen LogP contribution in [0.15, 0.2) is 42.7 Å². The fraction of sp³-hybridized carbons (Fsp3) is 0.409. The molecule has 3 heterocycles. The second-order valence-electron chi connectivity index (χ2n) is 7.83. The van der Waals surface area contributed by atoms with Crippen molar-refractivity contribution in [1.29, 1.82) is 0 Å². The highest BCUT2D eigenvalue weighted by atomic mass is 16.1. The second-order valence-corrected chi connectivity index (χ2v) is 7.83. The number of likely N-dealkylation sites (tertiary alicyclic amines) is 1. The van der Waals surface area contributed by atoms with Gasteiger partial charge in [0.1, 0.15) is 5.56 Å². The first-order valence-corrected chi connectivity index (χ1v) is 9.98. The number of benzene rings is 1. The molecule has 1 fully saturated rings. The lowest BCUT2D eigenvalue weighted by atomic mass is 9.99. The number of hydrogen-bond acceptors (Lipinski definition) is 4. The molecule has 1 aliphatic heterocycles. The first-order chi connectivity index (χ1) is 13.6. The monoisotopic (exact) mass is 377 g/mol. The summed E-state index contributed by atoms with van der Waals surface area (Å²) in [5, 5.41) is 7.35. The van der Waals surface area contributed by atoms with Gasteiger partial charge in [-0.3, -0.25) is 9.69 Å². The predicted molar refractivity (Wildman–Crippen MR) is 109 cm³/mol. The van der Waals surface area contributed by atoms with Crippen molar-refractivity contribution in [2.45, 2.75) is 39.8 Å². The fourth-order valence-electron chi connectivity index (χ4n) is 3.98. The van der Waals surface area contributed by atoms with Gasteiger partial charge >= 0.3 is 0 Å². The summed E-state index contributed by atoms with van der Waals surface area (Å²) >= 11 is 0. The molecule has 0 spiro atoms. The van der Waals surface area contributed by atoms with Gasteiger partial charge in [-0.05, 0) is 49.4 Å². The molecule has 1 aromatic carbocycles. The van der Waals surface area contributed by atoms with Gasteiger partial charge in [0.25, 0.3) is 5.91 Å². The number of hydrogen-bond donors (Lipinski definition) is 1. The average Bonchev–Trinajstić information content (AvgIpc) is 3.03. The SMILES string of the molecule is Cc1nn2cccnc2c1C(=O)NCc1ccc(CN2CCCC(C)C2)cc1. The molecule has 4 rings (SSSR count). The maximum absolute atomic E-state index is 12.7. The van der Waals surface area contributed by atoms with Gasteiger partial charge in [0.2, 0.25) is 0 Å². The Morgan fingerprint density at radius 2 is 2.04 bits per heavy atom. The lowest BCUT2D eigenvalue weighted by Crippen LogP contribution is -2.33. The van der Waals surface area contributed by atoms with Crippen molar-refractivity contribution >= 4 is 11.6 Å². The Morgan fingerprint density at radius 1 is 1.25 bits per heavy atom. The summed E-state index contributed by atoms with van der Waals surface area (Å²) in [6, 6.07) is 10.3. The first-order valence-electron chi connectivity index (χ1n) is 9.98. The smallest absolute Gasteiger partial charge is 0.257 e. The molecule has 6 nitrogen and oxygen atoms in total. The van der Waals surface area contributed by atoms with Crippen LogP contribution in [0.1, 0.15) is 46.9 Å². The molecule has 28 heavy (non-hydrogen) atoms. The van der Waals surface area contributed by atoms with Crippen molar-refractivity contribution in [3.05, 3.63) is 65.1 Å². The third-order valence-corrected chi connectivity index (χ3v) is 5.42. The molecule has 6 heteroatoms. The van der Waals surface area contributed by atoms with E-state index < -0.39 is 0 Å². The minimum absolute atomic E-state index is 0.141. The van der Waals surface area contributed by atoms with Gasteiger partial charge in [-0.25, -0.2) is 9.50 Å². The molecule has 146 valence electrons. The molecule has 2 aromatic heterocycles. The topological polar surface area (TPSA) is 62.5 Å². The van der Waals surface area contributed by atoms with Crippen LogP contribution < -0.4 is 5.32 Å². The third-order valence-electron chi connectivity index (χ3n) is 5.42. The number of carbonyl (C=O) groups excluding carboxylic acids is 1. The lowest BCUT2D eigenvalue weighted by Gasteiger charge is -2.30. The van der Waals surface area contributed by atoms with E-state index in [9.17, 15) is 4.79 Å². The molecule has 0 aliphatic carbocycles. The molecule has 0 saturated carbocycles. The van der Waals surface area contributed by atoms with E-state index in [2.05, 4.69) is 51.5 Å². The van der Waals surface area contributed by atoms with Gasteiger partial charge in [0.15, 0.2) is 5.65 Å². The molecule has 3 aromatic rings. The van der Waals surface area contributed by atoms with Gasteiger partial charge in [-0.15, -0.1) is 0 Å². The van der Waals surface area contributed by atoms with E-state index in [1.807, 2.05) is 6.92 Å². The van der Waals surface area contributed by atoms with Gasteiger partial charge in [0.05, 0.1) is 5.69 Å². The zero-order valence-electron chi connectivity index (χ0n) is 16.6. The van der Waals surface area contributed by atoms with Crippen molar-refractivity contribution < 1.29 is 4.79 Å². The Balaban J connectivity index is 1.37. The standard InChI is InChI=1S/C22H27N5O/c1-16-5-3-11-26(14-16)15-19-8-6-18(7-9-19)13-24-22(28)20-17(2)25-27-12-4-10-23-21(20)27/h4,6-10,12,16H,3,5,11,13-15H2,1-2H3,(H,24,28). The van der Waals surface area contributed by atoms with E-state index in [-0.39, 0.29) is 5.91 Å². The summed E-state index contributed by atoms with van der Waals surface area (Å²) in [6.45, 7) is 8.03. The van der Waals surface area contributed by atoms with Crippen LogP contribution in [0.25, 0.3) is 5.65 Å². The maximum atomic E-state index is 12.7. The van der Waals surface area contributed by atoms with Crippen molar-refractivity contribution in [2.24, 2.45) is 5.92 Å². The van der Waals surface area contributed by atoms with Crippen molar-refractivity contribution in [1.82, 2.24) is 24.8 Å². The van der Waals surface area contributed by atoms with E-state index >= 15 is 0 Å². The van der Waals surface area contributed by atoms with Gasteiger partial charge in [-0.2, -0.15) is 5.10 Å². The van der Waals surface area contributed by atoms with E-state index in [1.165, 1.54) is 31.5 Å². The predicted octanol–water partition coefficient (Wildman–Crippen LogP) is 3.20. The van der Waals surface area contributed by atoms with Crippen LogP contribution in [0.5, 0.6) is 0 Å². The molecule has 1 atom stereocenters. The van der Waals surface area contributed by atoms with Gasteiger partial charge < -0.3 is 5.32 Å². The summed E-state index contributed by atoms with van der Waals surface area (Å²) in [6.07, 6.45) is 6.11. The normalized spacial score (nSPS) is 17.7. The molecule has 1 aliphatic rings. The Morgan fingerprint density at radius 3 is 2.82 bits per heavy atom. The van der Waals surface area contributed by atoms with Crippen LogP contribution in [0.2, 0.25) is 0 Å². The number of nitrogens with one attached hydrogen (secondary N) is 1. The van der Waals surface area contributed by atoms with E-state index in [0.717, 1.165) is 18.0 Å². The van der Waals surface area contributed by atoms with Gasteiger partial charge in [0, 0.05) is 32.0 Å². The van der Waals surface area contributed by atoms with Crippen LogP contribution in [-0.2, 0) is 13.1 Å². The molecule has 1 unspecified atom stereocenters. The minimum atomic E-state index is -0.141. The molecule has 1 N–H and O–H groups in total. The molecular formula is C22H27N5O. The van der Waals surface area contributed by atoms with Crippen LogP contribution in [0.3, 0.4) is 0 Å². The number of aromatic nitrogens is 3. The summed E-state index contributed by atoms with van der Waals surface area (Å²) in [7, 11) is 0. The van der Waals surface area contributed by atoms with Gasteiger partial charge in [-0.1, -0.05) is 31.2 Å². The van der Waals surface area contributed by atoms with Crippen molar-refractivity contribution in [3.8, 4) is 0 Å². The zero-order valence-corrected chi connectivity index (χ0v) is 16.6. The number of nitrogens with zero attached hydrogens (tertiary/aromatic N) is 4. The summed E-state index contributed by atoms with van der Waals surface area (Å²) in [4.78, 5) is 19.5. The number of aryl methyl sites for hydroxylation is 1. The molecule has 1 amide bonds. The second kappa shape index (κ2) is 8.10. The van der Waals surface area contributed by atoms with Crippen molar-refractivity contribution in [2.75, 3.05) is 13.1 Å². The maximum Gasteiger partial charge on any atom is 0.257 e. The average molecular weight is 377 g/mol. The quantitative estimate of drug-likeness (QED) is 0.742. The van der Waals surface area contributed by atoms with E-state index in [0.29, 0.717) is 23.4 Å². The van der Waals surface area contributed by atoms with Crippen LogP contribution in [-0.4, -0.2) is 38.5 Å². The number of piperidine rings is 1. The fourth-order valence-corrected chi connectivity index (χ4v) is 3.98. The highest BCUT2D eigenvalue weighted by Crippen LogP contribution is 2.18. The van der Waals surface area contributed by atoms with Crippen LogP contribution in [0.4, 0.5) is 0 Å². The third kappa shape index (κ3) is 4.07. The van der Waals surface area contributed by atoms with Crippen molar-refractivity contribution in [3.63, 3.8) is 0 Å². The van der Waals surface area contributed by atoms with E-state index in [1.54, 1.807) is 23.0 Å². The molecule has 0 bridgehead atoms. The zero-order chi connectivity index (χ0) is 19.5. The highest BCUT2D eigenvalue weighted by Gasteiger charge is 2.18. The molecule has 0 radical (unpaired) electrons. The largest absolute Gasteiger partial charge is 0.348 e. The Labute approximate surface area is 165 Å². The molecular weight excluding hydrogens is 350 g/mol. The Hall–Kier alpha value is -2.73. The number of fused-ring (bicyclic) bond motifs is 1. The van der Waals surface area contributed by atoms with Crippen LogP contribution in [0, 0.1) is 12.8 Å². The number of amides is 1. The minimum Gasteiger partial charge on any atom is -0.348 e. The number of rotatable bonds is 5.